The van der Waals surface area contributed by atoms with Gasteiger partial charge in [-0.15, -0.1) is 0 Å². The molecule has 0 N–H and O–H groups in total. The first kappa shape index (κ1) is 16.3. The number of hydrogen-bond donors (Lipinski definition) is 0. The fourth-order valence-corrected chi connectivity index (χ4v) is 3.30. The smallest absolute Gasteiger partial charge is 0.338 e. The van der Waals surface area contributed by atoms with E-state index in [1.54, 1.807) is 13.2 Å². The number of hydrogen-bond acceptors (Lipinski definition) is 3. The number of carbonyl (C=O) groups excluding carboxylic acids is 1. The van der Waals surface area contributed by atoms with Gasteiger partial charge in [-0.25, -0.2) is 4.79 Å². The summed E-state index contributed by atoms with van der Waals surface area (Å²) in [6.07, 6.45) is 3.16. The third-order valence-corrected chi connectivity index (χ3v) is 4.37. The van der Waals surface area contributed by atoms with Crippen LogP contribution in [0.2, 0.25) is 0 Å². The molecule has 24 heavy (non-hydrogen) atoms. The third kappa shape index (κ3) is 3.21. The summed E-state index contributed by atoms with van der Waals surface area (Å²) in [6.45, 7) is 2.21. The summed E-state index contributed by atoms with van der Waals surface area (Å²) >= 11 is 0. The monoisotopic (exact) mass is 322 g/mol. The first-order valence-corrected chi connectivity index (χ1v) is 8.37. The van der Waals surface area contributed by atoms with Gasteiger partial charge in [0.15, 0.2) is 0 Å². The van der Waals surface area contributed by atoms with Crippen molar-refractivity contribution in [3.8, 4) is 5.75 Å². The summed E-state index contributed by atoms with van der Waals surface area (Å²) in [5, 5.41) is 0. The highest BCUT2D eigenvalue weighted by atomic mass is 16.5. The van der Waals surface area contributed by atoms with Gasteiger partial charge in [-0.05, 0) is 61.1 Å². The minimum Gasteiger partial charge on any atom is -0.496 e. The first-order valence-electron chi connectivity index (χ1n) is 8.37. The van der Waals surface area contributed by atoms with Crippen LogP contribution in [0.25, 0.3) is 11.1 Å². The molecule has 2 aromatic rings. The van der Waals surface area contributed by atoms with Crippen molar-refractivity contribution in [2.45, 2.75) is 26.2 Å². The molecule has 3 rings (SSSR count). The topological polar surface area (TPSA) is 35.5 Å². The molecule has 0 saturated heterocycles. The predicted molar refractivity (Wildman–Crippen MR) is 96.1 cm³/mol. The molecule has 1 aliphatic carbocycles. The molecule has 0 amide bonds. The number of benzene rings is 2. The van der Waals surface area contributed by atoms with Gasteiger partial charge >= 0.3 is 5.97 Å². The average molecular weight is 322 g/mol. The average Bonchev–Trinajstić information content (AvgIpc) is 3.11. The molecular weight excluding hydrogens is 300 g/mol. The maximum Gasteiger partial charge on any atom is 0.338 e. The minimum atomic E-state index is -0.267. The lowest BCUT2D eigenvalue weighted by atomic mass is 9.95. The summed E-state index contributed by atoms with van der Waals surface area (Å²) in [7, 11) is 1.70. The Hall–Kier alpha value is -2.55. The number of esters is 1. The van der Waals surface area contributed by atoms with Crippen molar-refractivity contribution in [3.63, 3.8) is 0 Å². The zero-order valence-electron chi connectivity index (χ0n) is 14.2. The van der Waals surface area contributed by atoms with E-state index in [-0.39, 0.29) is 5.97 Å². The number of para-hydroxylation sites is 1. The Balaban J connectivity index is 2.04. The summed E-state index contributed by atoms with van der Waals surface area (Å²) < 4.78 is 10.6. The van der Waals surface area contributed by atoms with Gasteiger partial charge in [0.05, 0.1) is 19.3 Å². The third-order valence-electron chi connectivity index (χ3n) is 4.37. The van der Waals surface area contributed by atoms with E-state index in [0.717, 1.165) is 36.1 Å². The molecule has 0 aromatic heterocycles. The van der Waals surface area contributed by atoms with E-state index in [1.807, 2.05) is 37.3 Å². The van der Waals surface area contributed by atoms with Crippen molar-refractivity contribution in [1.29, 1.82) is 0 Å². The molecule has 1 aliphatic rings. The number of ether oxygens (including phenoxy) is 2. The molecule has 0 spiro atoms. The molecule has 0 heterocycles. The second kappa shape index (κ2) is 7.35. The van der Waals surface area contributed by atoms with Crippen LogP contribution < -0.4 is 4.74 Å². The van der Waals surface area contributed by atoms with Gasteiger partial charge < -0.3 is 9.47 Å². The van der Waals surface area contributed by atoms with Gasteiger partial charge in [0.25, 0.3) is 0 Å². The standard InChI is InChI=1S/C21H22O3/c1-3-24-21(22)16-9-6-8-15(14-16)17-11-7-12-18(17)19-10-4-5-13-20(19)23-2/h4-6,8-10,13-14H,3,7,11-12H2,1-2H3. The van der Waals surface area contributed by atoms with Crippen LogP contribution in [0.5, 0.6) is 5.75 Å². The molecule has 0 atom stereocenters. The molecule has 0 bridgehead atoms. The Kier molecular flexibility index (Phi) is 4.99. The fourth-order valence-electron chi connectivity index (χ4n) is 3.30. The van der Waals surface area contributed by atoms with Crippen LogP contribution in [0, 0.1) is 0 Å². The second-order valence-corrected chi connectivity index (χ2v) is 5.81. The van der Waals surface area contributed by atoms with Crippen molar-refractivity contribution in [1.82, 2.24) is 0 Å². The number of carbonyl (C=O) groups is 1. The summed E-state index contributed by atoms with van der Waals surface area (Å²) in [5.41, 5.74) is 5.46. The summed E-state index contributed by atoms with van der Waals surface area (Å²) in [4.78, 5) is 12.0. The lowest BCUT2D eigenvalue weighted by Crippen LogP contribution is -2.04. The highest BCUT2D eigenvalue weighted by Crippen LogP contribution is 2.42. The quantitative estimate of drug-likeness (QED) is 0.729. The van der Waals surface area contributed by atoms with Gasteiger partial charge in [0, 0.05) is 5.56 Å². The predicted octanol–water partition coefficient (Wildman–Crippen LogP) is 4.97. The van der Waals surface area contributed by atoms with Crippen LogP contribution in [0.1, 0.15) is 47.7 Å². The van der Waals surface area contributed by atoms with Crippen LogP contribution in [0.4, 0.5) is 0 Å². The minimum absolute atomic E-state index is 0.267. The van der Waals surface area contributed by atoms with Crippen molar-refractivity contribution in [2.75, 3.05) is 13.7 Å². The van der Waals surface area contributed by atoms with Gasteiger partial charge in [-0.2, -0.15) is 0 Å². The Morgan fingerprint density at radius 2 is 1.83 bits per heavy atom. The molecule has 3 heteroatoms. The van der Waals surface area contributed by atoms with Crippen LogP contribution in [-0.2, 0) is 4.74 Å². The molecule has 124 valence electrons. The van der Waals surface area contributed by atoms with E-state index >= 15 is 0 Å². The lowest BCUT2D eigenvalue weighted by Gasteiger charge is -2.13. The molecule has 0 aliphatic heterocycles. The van der Waals surface area contributed by atoms with Crippen molar-refractivity contribution < 1.29 is 14.3 Å². The summed E-state index contributed by atoms with van der Waals surface area (Å²) in [6, 6.07) is 15.9. The molecule has 0 fully saturated rings. The highest BCUT2D eigenvalue weighted by Gasteiger charge is 2.20. The van der Waals surface area contributed by atoms with Gasteiger partial charge in [-0.1, -0.05) is 30.3 Å². The van der Waals surface area contributed by atoms with Gasteiger partial charge in [-0.3, -0.25) is 0 Å². The SMILES string of the molecule is CCOC(=O)c1cccc(C2=C(c3ccccc3OC)CCC2)c1. The lowest BCUT2D eigenvalue weighted by molar-refractivity contribution is 0.0526. The second-order valence-electron chi connectivity index (χ2n) is 5.81. The molecule has 3 nitrogen and oxygen atoms in total. The highest BCUT2D eigenvalue weighted by molar-refractivity contribution is 5.96. The number of methoxy groups -OCH3 is 1. The van der Waals surface area contributed by atoms with Crippen LogP contribution in [0.3, 0.4) is 0 Å². The zero-order valence-corrected chi connectivity index (χ0v) is 14.2. The maximum atomic E-state index is 12.0. The van der Waals surface area contributed by atoms with Crippen LogP contribution in [-0.4, -0.2) is 19.7 Å². The van der Waals surface area contributed by atoms with E-state index in [1.165, 1.54) is 11.1 Å². The molecule has 0 radical (unpaired) electrons. The molecule has 2 aromatic carbocycles. The molecule has 0 unspecified atom stereocenters. The van der Waals surface area contributed by atoms with Crippen molar-refractivity contribution >= 4 is 17.1 Å². The van der Waals surface area contributed by atoms with Crippen molar-refractivity contribution in [2.24, 2.45) is 0 Å². The Labute approximate surface area is 142 Å². The first-order chi connectivity index (χ1) is 11.7. The van der Waals surface area contributed by atoms with E-state index < -0.39 is 0 Å². The van der Waals surface area contributed by atoms with E-state index in [9.17, 15) is 4.79 Å². The fraction of sp³-hybridized carbons (Fsp3) is 0.286. The zero-order chi connectivity index (χ0) is 16.9. The van der Waals surface area contributed by atoms with Crippen LogP contribution in [0.15, 0.2) is 48.5 Å². The summed E-state index contributed by atoms with van der Waals surface area (Å²) in [5.74, 6) is 0.630. The Morgan fingerprint density at radius 3 is 2.62 bits per heavy atom. The molecule has 0 saturated carbocycles. The van der Waals surface area contributed by atoms with Gasteiger partial charge in [0.1, 0.15) is 5.75 Å². The maximum absolute atomic E-state index is 12.0. The van der Waals surface area contributed by atoms with E-state index in [4.69, 9.17) is 9.47 Å². The van der Waals surface area contributed by atoms with Gasteiger partial charge in [0.2, 0.25) is 0 Å². The van der Waals surface area contributed by atoms with Crippen LogP contribution >= 0.6 is 0 Å². The number of allylic oxidation sites excluding steroid dienone is 2. The normalized spacial score (nSPS) is 13.9. The Bertz CT molecular complexity index is 774. The number of rotatable bonds is 5. The van der Waals surface area contributed by atoms with Crippen molar-refractivity contribution in [3.05, 3.63) is 65.2 Å². The largest absolute Gasteiger partial charge is 0.496 e. The molecular formula is C21H22O3. The Morgan fingerprint density at radius 1 is 1.04 bits per heavy atom. The van der Waals surface area contributed by atoms with E-state index in [0.29, 0.717) is 12.2 Å². The van der Waals surface area contributed by atoms with E-state index in [2.05, 4.69) is 12.1 Å².